The summed E-state index contributed by atoms with van der Waals surface area (Å²) >= 11 is 0. The molecule has 1 saturated heterocycles. The fraction of sp³-hybridized carbons (Fsp3) is 0.471. The normalized spacial score (nSPS) is 21.6. The molecular formula is C17H23N5O2. The van der Waals surface area contributed by atoms with Crippen molar-refractivity contribution < 1.29 is 9.90 Å². The third-order valence-electron chi connectivity index (χ3n) is 4.31. The monoisotopic (exact) mass is 329 g/mol. The van der Waals surface area contributed by atoms with Crippen LogP contribution in [-0.2, 0) is 11.3 Å². The van der Waals surface area contributed by atoms with E-state index in [4.69, 9.17) is 0 Å². The van der Waals surface area contributed by atoms with Gasteiger partial charge in [-0.15, -0.1) is 0 Å². The molecule has 1 aliphatic heterocycles. The second-order valence-corrected chi connectivity index (χ2v) is 6.35. The molecule has 0 bridgehead atoms. The molecule has 1 atom stereocenters. The maximum atomic E-state index is 11.6. The second-order valence-electron chi connectivity index (χ2n) is 6.35. The van der Waals surface area contributed by atoms with Crippen LogP contribution in [0.1, 0.15) is 25.0 Å². The van der Waals surface area contributed by atoms with E-state index in [1.807, 2.05) is 30.3 Å². The van der Waals surface area contributed by atoms with Crippen molar-refractivity contribution in [3.63, 3.8) is 0 Å². The van der Waals surface area contributed by atoms with Crippen molar-refractivity contribution in [2.24, 2.45) is 0 Å². The Kier molecular flexibility index (Phi) is 4.92. The molecule has 2 N–H and O–H groups in total. The molecule has 0 spiro atoms. The summed E-state index contributed by atoms with van der Waals surface area (Å²) in [5, 5.41) is 22.0. The standard InChI is InChI=1S/C17H23N5O2/c1-18-16(23)10-17(24)8-5-9-21(13-17)12-14-11-19-22(20-14)15-6-3-2-4-7-15/h2-4,6-7,11,24H,5,8-10,12-13H2,1H3,(H,18,23). The summed E-state index contributed by atoms with van der Waals surface area (Å²) in [5.41, 5.74) is 0.801. The Hall–Kier alpha value is -2.25. The van der Waals surface area contributed by atoms with Crippen LogP contribution < -0.4 is 5.32 Å². The smallest absolute Gasteiger partial charge is 0.222 e. The Morgan fingerprint density at radius 2 is 2.17 bits per heavy atom. The number of nitrogens with one attached hydrogen (secondary N) is 1. The SMILES string of the molecule is CNC(=O)CC1(O)CCCN(Cc2cnn(-c3ccccc3)n2)C1. The highest BCUT2D eigenvalue weighted by atomic mass is 16.3. The fourth-order valence-corrected chi connectivity index (χ4v) is 3.15. The van der Waals surface area contributed by atoms with Gasteiger partial charge in [-0.05, 0) is 31.5 Å². The van der Waals surface area contributed by atoms with E-state index >= 15 is 0 Å². The summed E-state index contributed by atoms with van der Waals surface area (Å²) in [6, 6.07) is 9.75. The number of hydrogen-bond donors (Lipinski definition) is 2. The van der Waals surface area contributed by atoms with Crippen LogP contribution in [0.2, 0.25) is 0 Å². The number of carbonyl (C=O) groups excluding carboxylic acids is 1. The Balaban J connectivity index is 1.64. The molecule has 1 fully saturated rings. The van der Waals surface area contributed by atoms with Crippen LogP contribution in [0.4, 0.5) is 0 Å². The number of aromatic nitrogens is 3. The van der Waals surface area contributed by atoms with Crippen molar-refractivity contribution in [3.8, 4) is 5.69 Å². The van der Waals surface area contributed by atoms with Gasteiger partial charge in [0, 0.05) is 20.1 Å². The lowest BCUT2D eigenvalue weighted by atomic mass is 9.89. The van der Waals surface area contributed by atoms with Crippen molar-refractivity contribution in [1.29, 1.82) is 0 Å². The highest BCUT2D eigenvalue weighted by molar-refractivity contribution is 5.76. The quantitative estimate of drug-likeness (QED) is 0.845. The van der Waals surface area contributed by atoms with Crippen molar-refractivity contribution in [3.05, 3.63) is 42.2 Å². The number of hydrogen-bond acceptors (Lipinski definition) is 5. The first-order chi connectivity index (χ1) is 11.6. The van der Waals surface area contributed by atoms with Gasteiger partial charge in [-0.1, -0.05) is 18.2 Å². The Labute approximate surface area is 141 Å². The minimum atomic E-state index is -0.965. The highest BCUT2D eigenvalue weighted by Crippen LogP contribution is 2.25. The number of piperidine rings is 1. The summed E-state index contributed by atoms with van der Waals surface area (Å²) < 4.78 is 0. The summed E-state index contributed by atoms with van der Waals surface area (Å²) in [6.45, 7) is 1.97. The number of aliphatic hydroxyl groups is 1. The molecule has 24 heavy (non-hydrogen) atoms. The molecule has 1 aromatic heterocycles. The number of nitrogens with zero attached hydrogens (tertiary/aromatic N) is 4. The Morgan fingerprint density at radius 3 is 2.92 bits per heavy atom. The van der Waals surface area contributed by atoms with Crippen LogP contribution in [-0.4, -0.2) is 56.6 Å². The number of rotatable bonds is 5. The zero-order valence-corrected chi connectivity index (χ0v) is 13.9. The van der Waals surface area contributed by atoms with E-state index in [-0.39, 0.29) is 12.3 Å². The van der Waals surface area contributed by atoms with E-state index in [1.54, 1.807) is 18.0 Å². The number of β-amino-alcohol motifs (C(OH)–C–C–N with tert-alkyl or cyclic N) is 1. The van der Waals surface area contributed by atoms with E-state index in [0.29, 0.717) is 19.5 Å². The van der Waals surface area contributed by atoms with Gasteiger partial charge in [-0.3, -0.25) is 9.69 Å². The van der Waals surface area contributed by atoms with Gasteiger partial charge < -0.3 is 10.4 Å². The summed E-state index contributed by atoms with van der Waals surface area (Å²) in [7, 11) is 1.59. The lowest BCUT2D eigenvalue weighted by Crippen LogP contribution is -2.49. The van der Waals surface area contributed by atoms with Gasteiger partial charge in [0.2, 0.25) is 5.91 Å². The van der Waals surface area contributed by atoms with E-state index in [9.17, 15) is 9.90 Å². The minimum absolute atomic E-state index is 0.130. The van der Waals surface area contributed by atoms with Gasteiger partial charge in [-0.2, -0.15) is 15.0 Å². The van der Waals surface area contributed by atoms with E-state index < -0.39 is 5.60 Å². The van der Waals surface area contributed by atoms with E-state index in [1.165, 1.54) is 0 Å². The molecular weight excluding hydrogens is 306 g/mol. The molecule has 1 unspecified atom stereocenters. The molecule has 7 nitrogen and oxygen atoms in total. The fourth-order valence-electron chi connectivity index (χ4n) is 3.15. The van der Waals surface area contributed by atoms with Crippen LogP contribution in [0, 0.1) is 0 Å². The first-order valence-corrected chi connectivity index (χ1v) is 8.20. The van der Waals surface area contributed by atoms with Gasteiger partial charge in [-0.25, -0.2) is 0 Å². The van der Waals surface area contributed by atoms with Gasteiger partial charge in [0.15, 0.2) is 0 Å². The summed E-state index contributed by atoms with van der Waals surface area (Å²) in [6.07, 6.45) is 3.39. The van der Waals surface area contributed by atoms with Gasteiger partial charge in [0.25, 0.3) is 0 Å². The van der Waals surface area contributed by atoms with Crippen molar-refractivity contribution in [2.45, 2.75) is 31.4 Å². The minimum Gasteiger partial charge on any atom is -0.388 e. The number of amides is 1. The molecule has 0 aliphatic carbocycles. The third kappa shape index (κ3) is 3.98. The van der Waals surface area contributed by atoms with Crippen molar-refractivity contribution in [2.75, 3.05) is 20.1 Å². The van der Waals surface area contributed by atoms with Crippen LogP contribution in [0.5, 0.6) is 0 Å². The third-order valence-corrected chi connectivity index (χ3v) is 4.31. The molecule has 2 heterocycles. The number of likely N-dealkylation sites (tertiary alicyclic amines) is 1. The molecule has 0 saturated carbocycles. The lowest BCUT2D eigenvalue weighted by Gasteiger charge is -2.38. The Morgan fingerprint density at radius 1 is 1.38 bits per heavy atom. The summed E-state index contributed by atoms with van der Waals surface area (Å²) in [5.74, 6) is -0.130. The number of carbonyl (C=O) groups is 1. The number of benzene rings is 1. The molecule has 0 radical (unpaired) electrons. The molecule has 128 valence electrons. The molecule has 2 aromatic rings. The second kappa shape index (κ2) is 7.11. The molecule has 1 aromatic carbocycles. The first kappa shape index (κ1) is 16.6. The van der Waals surface area contributed by atoms with Gasteiger partial charge >= 0.3 is 0 Å². The largest absolute Gasteiger partial charge is 0.388 e. The Bertz CT molecular complexity index is 687. The lowest BCUT2D eigenvalue weighted by molar-refractivity contribution is -0.128. The molecule has 1 amide bonds. The van der Waals surface area contributed by atoms with Crippen molar-refractivity contribution in [1.82, 2.24) is 25.2 Å². The van der Waals surface area contributed by atoms with Gasteiger partial charge in [0.1, 0.15) is 0 Å². The van der Waals surface area contributed by atoms with Crippen LogP contribution in [0.15, 0.2) is 36.5 Å². The highest BCUT2D eigenvalue weighted by Gasteiger charge is 2.35. The zero-order chi connectivity index (χ0) is 17.0. The predicted molar refractivity (Wildman–Crippen MR) is 89.5 cm³/mol. The topological polar surface area (TPSA) is 83.3 Å². The molecule has 1 aliphatic rings. The van der Waals surface area contributed by atoms with Crippen LogP contribution in [0.25, 0.3) is 5.69 Å². The zero-order valence-electron chi connectivity index (χ0n) is 13.9. The first-order valence-electron chi connectivity index (χ1n) is 8.20. The van der Waals surface area contributed by atoms with E-state index in [0.717, 1.165) is 24.3 Å². The average Bonchev–Trinajstić information content (AvgIpc) is 3.03. The maximum absolute atomic E-state index is 11.6. The number of para-hydroxylation sites is 1. The molecule has 7 heteroatoms. The van der Waals surface area contributed by atoms with Crippen molar-refractivity contribution >= 4 is 5.91 Å². The van der Waals surface area contributed by atoms with Gasteiger partial charge in [0.05, 0.1) is 29.6 Å². The summed E-state index contributed by atoms with van der Waals surface area (Å²) in [4.78, 5) is 15.3. The maximum Gasteiger partial charge on any atom is 0.222 e. The van der Waals surface area contributed by atoms with Crippen LogP contribution >= 0.6 is 0 Å². The molecule has 3 rings (SSSR count). The average molecular weight is 329 g/mol. The predicted octanol–water partition coefficient (Wildman–Crippen LogP) is 0.730. The van der Waals surface area contributed by atoms with Crippen LogP contribution in [0.3, 0.4) is 0 Å². The van der Waals surface area contributed by atoms with E-state index in [2.05, 4.69) is 20.4 Å².